The van der Waals surface area contributed by atoms with Gasteiger partial charge in [0.05, 0.1) is 0 Å². The molecule has 0 aromatic rings. The summed E-state index contributed by atoms with van der Waals surface area (Å²) in [5.74, 6) is 2.18. The Morgan fingerprint density at radius 3 is 2.62 bits per heavy atom. The highest BCUT2D eigenvalue weighted by Crippen LogP contribution is 2.53. The molecule has 0 N–H and O–H groups in total. The Hall–Kier alpha value is -0.260. The zero-order valence-electron chi connectivity index (χ0n) is 5.35. The molecule has 1 unspecified atom stereocenters. The van der Waals surface area contributed by atoms with E-state index in [2.05, 4.69) is 13.0 Å². The summed E-state index contributed by atoms with van der Waals surface area (Å²) in [5, 5.41) is 0. The lowest BCUT2D eigenvalue weighted by molar-refractivity contribution is 0.740. The van der Waals surface area contributed by atoms with Crippen LogP contribution in [0.25, 0.3) is 0 Å². The third-order valence-corrected chi connectivity index (χ3v) is 2.33. The normalized spacial score (nSPS) is 40.6. The molecule has 2 rings (SSSR count). The summed E-state index contributed by atoms with van der Waals surface area (Å²) >= 11 is 0. The first-order valence-electron chi connectivity index (χ1n) is 3.57. The number of allylic oxidation sites excluding steroid dienone is 2. The van der Waals surface area contributed by atoms with E-state index in [1.165, 1.54) is 19.3 Å². The zero-order valence-corrected chi connectivity index (χ0v) is 5.35. The quantitative estimate of drug-likeness (QED) is 0.452. The molecule has 0 radical (unpaired) electrons. The number of rotatable bonds is 1. The Bertz CT molecular complexity index is 129. The second kappa shape index (κ2) is 1.37. The van der Waals surface area contributed by atoms with Crippen LogP contribution in [-0.4, -0.2) is 0 Å². The van der Waals surface area contributed by atoms with Crippen LogP contribution in [0.3, 0.4) is 0 Å². The molecule has 0 heterocycles. The predicted molar refractivity (Wildman–Crippen MR) is 34.6 cm³/mol. The highest BCUT2D eigenvalue weighted by molar-refractivity contribution is 5.25. The number of hydrogen-bond donors (Lipinski definition) is 0. The minimum Gasteiger partial charge on any atom is -0.0881 e. The monoisotopic (exact) mass is 108 g/mol. The van der Waals surface area contributed by atoms with Gasteiger partial charge in [0.1, 0.15) is 0 Å². The minimum absolute atomic E-state index is 1.06. The van der Waals surface area contributed by atoms with Crippen LogP contribution in [-0.2, 0) is 0 Å². The van der Waals surface area contributed by atoms with Gasteiger partial charge in [-0.3, -0.25) is 0 Å². The first-order valence-corrected chi connectivity index (χ1v) is 3.57. The second-order valence-corrected chi connectivity index (χ2v) is 3.01. The molecular formula is C8H12. The fraction of sp³-hybridized carbons (Fsp3) is 0.750. The standard InChI is InChI=1S/C8H12/c1-2-6-5-8(6)7-3-4-7/h2,7-8H,3-5H2,1H3. The van der Waals surface area contributed by atoms with Gasteiger partial charge >= 0.3 is 0 Å². The molecule has 2 fully saturated rings. The van der Waals surface area contributed by atoms with E-state index in [9.17, 15) is 0 Å². The van der Waals surface area contributed by atoms with Crippen molar-refractivity contribution in [1.82, 2.24) is 0 Å². The maximum atomic E-state index is 2.29. The molecule has 0 aliphatic heterocycles. The van der Waals surface area contributed by atoms with Gasteiger partial charge in [-0.15, -0.1) is 0 Å². The molecule has 0 heteroatoms. The Labute approximate surface area is 50.6 Å². The highest BCUT2D eigenvalue weighted by Gasteiger charge is 2.41. The molecule has 2 aliphatic carbocycles. The molecule has 0 amide bonds. The molecule has 0 spiro atoms. The molecule has 0 bridgehead atoms. The molecule has 8 heavy (non-hydrogen) atoms. The van der Waals surface area contributed by atoms with Crippen LogP contribution >= 0.6 is 0 Å². The van der Waals surface area contributed by atoms with Crippen LogP contribution in [0.5, 0.6) is 0 Å². The SMILES string of the molecule is CC=C1CC1C1CC1. The Balaban J connectivity index is 1.95. The van der Waals surface area contributed by atoms with Gasteiger partial charge in [0.15, 0.2) is 0 Å². The highest BCUT2D eigenvalue weighted by atomic mass is 14.5. The van der Waals surface area contributed by atoms with E-state index in [-0.39, 0.29) is 0 Å². The van der Waals surface area contributed by atoms with Crippen LogP contribution in [0.15, 0.2) is 11.6 Å². The Morgan fingerprint density at radius 2 is 2.25 bits per heavy atom. The lowest BCUT2D eigenvalue weighted by Crippen LogP contribution is -1.73. The van der Waals surface area contributed by atoms with Crippen molar-refractivity contribution < 1.29 is 0 Å². The molecule has 0 nitrogen and oxygen atoms in total. The first-order chi connectivity index (χ1) is 3.92. The van der Waals surface area contributed by atoms with Gasteiger partial charge in [-0.05, 0) is 38.0 Å². The van der Waals surface area contributed by atoms with Gasteiger partial charge in [-0.2, -0.15) is 0 Å². The van der Waals surface area contributed by atoms with Crippen molar-refractivity contribution in [2.24, 2.45) is 11.8 Å². The van der Waals surface area contributed by atoms with Crippen molar-refractivity contribution in [3.05, 3.63) is 11.6 Å². The molecular weight excluding hydrogens is 96.1 g/mol. The number of hydrogen-bond acceptors (Lipinski definition) is 0. The molecule has 0 aromatic carbocycles. The fourth-order valence-electron chi connectivity index (χ4n) is 1.49. The van der Waals surface area contributed by atoms with E-state index in [1.54, 1.807) is 5.57 Å². The van der Waals surface area contributed by atoms with E-state index in [0.29, 0.717) is 0 Å². The average Bonchev–Trinajstić information content (AvgIpc) is 2.62. The van der Waals surface area contributed by atoms with Gasteiger partial charge in [-0.25, -0.2) is 0 Å². The molecule has 2 aliphatic rings. The molecule has 44 valence electrons. The van der Waals surface area contributed by atoms with Crippen molar-refractivity contribution in [3.63, 3.8) is 0 Å². The molecule has 1 atom stereocenters. The summed E-state index contributed by atoms with van der Waals surface area (Å²) in [5.41, 5.74) is 1.73. The van der Waals surface area contributed by atoms with Crippen LogP contribution in [0.4, 0.5) is 0 Å². The topological polar surface area (TPSA) is 0 Å². The van der Waals surface area contributed by atoms with Crippen LogP contribution < -0.4 is 0 Å². The van der Waals surface area contributed by atoms with E-state index < -0.39 is 0 Å². The predicted octanol–water partition coefficient (Wildman–Crippen LogP) is 2.36. The van der Waals surface area contributed by atoms with Gasteiger partial charge in [0.25, 0.3) is 0 Å². The Morgan fingerprint density at radius 1 is 1.50 bits per heavy atom. The first kappa shape index (κ1) is 4.60. The third kappa shape index (κ3) is 0.594. The van der Waals surface area contributed by atoms with Crippen molar-refractivity contribution in [2.75, 3.05) is 0 Å². The van der Waals surface area contributed by atoms with E-state index in [4.69, 9.17) is 0 Å². The lowest BCUT2D eigenvalue weighted by Gasteiger charge is -1.80. The van der Waals surface area contributed by atoms with Gasteiger partial charge < -0.3 is 0 Å². The largest absolute Gasteiger partial charge is 0.0881 e. The van der Waals surface area contributed by atoms with Crippen molar-refractivity contribution in [1.29, 1.82) is 0 Å². The summed E-state index contributed by atoms with van der Waals surface area (Å²) in [6, 6.07) is 0. The smallest absolute Gasteiger partial charge is 0.0137 e. The van der Waals surface area contributed by atoms with Gasteiger partial charge in [0, 0.05) is 0 Å². The van der Waals surface area contributed by atoms with Crippen molar-refractivity contribution in [2.45, 2.75) is 26.2 Å². The summed E-state index contributed by atoms with van der Waals surface area (Å²) in [6.45, 7) is 2.16. The van der Waals surface area contributed by atoms with Crippen LogP contribution in [0, 0.1) is 11.8 Å². The summed E-state index contributed by atoms with van der Waals surface area (Å²) in [7, 11) is 0. The molecule has 0 saturated heterocycles. The van der Waals surface area contributed by atoms with Gasteiger partial charge in [-0.1, -0.05) is 11.6 Å². The average molecular weight is 108 g/mol. The third-order valence-electron chi connectivity index (χ3n) is 2.33. The molecule has 2 saturated carbocycles. The van der Waals surface area contributed by atoms with Crippen molar-refractivity contribution >= 4 is 0 Å². The zero-order chi connectivity index (χ0) is 5.56. The minimum atomic E-state index is 1.06. The van der Waals surface area contributed by atoms with E-state index in [0.717, 1.165) is 11.8 Å². The maximum Gasteiger partial charge on any atom is -0.0137 e. The second-order valence-electron chi connectivity index (χ2n) is 3.01. The molecule has 0 aromatic heterocycles. The Kier molecular flexibility index (Phi) is 0.787. The fourth-order valence-corrected chi connectivity index (χ4v) is 1.49. The van der Waals surface area contributed by atoms with Crippen LogP contribution in [0.2, 0.25) is 0 Å². The van der Waals surface area contributed by atoms with E-state index >= 15 is 0 Å². The lowest BCUT2D eigenvalue weighted by atomic mass is 10.2. The summed E-state index contributed by atoms with van der Waals surface area (Å²) in [6.07, 6.45) is 6.76. The van der Waals surface area contributed by atoms with Crippen molar-refractivity contribution in [3.8, 4) is 0 Å². The summed E-state index contributed by atoms with van der Waals surface area (Å²) < 4.78 is 0. The van der Waals surface area contributed by atoms with Crippen LogP contribution in [0.1, 0.15) is 26.2 Å². The van der Waals surface area contributed by atoms with Gasteiger partial charge in [0.2, 0.25) is 0 Å². The maximum absolute atomic E-state index is 2.29. The summed E-state index contributed by atoms with van der Waals surface area (Å²) in [4.78, 5) is 0. The van der Waals surface area contributed by atoms with E-state index in [1.807, 2.05) is 0 Å².